The van der Waals surface area contributed by atoms with Crippen molar-refractivity contribution in [2.45, 2.75) is 30.9 Å². The molecule has 0 heterocycles. The third kappa shape index (κ3) is 6.61. The number of aryl methyl sites for hydroxylation is 3. The summed E-state index contributed by atoms with van der Waals surface area (Å²) in [6.45, 7) is 6.02. The van der Waals surface area contributed by atoms with E-state index in [2.05, 4.69) is 16.7 Å². The van der Waals surface area contributed by atoms with Crippen LogP contribution in [0, 0.1) is 20.8 Å². The summed E-state index contributed by atoms with van der Waals surface area (Å²) in [6, 6.07) is 30.8. The first-order valence-electron chi connectivity index (χ1n) is 11.5. The Morgan fingerprint density at radius 3 is 2.03 bits per heavy atom. The van der Waals surface area contributed by atoms with Crippen LogP contribution in [0.2, 0.25) is 0 Å². The zero-order chi connectivity index (χ0) is 24.8. The number of carbonyl (C=O) groups is 2. The molecule has 4 aromatic carbocycles. The highest BCUT2D eigenvalue weighted by Gasteiger charge is 2.22. The molecule has 0 fully saturated rings. The molecule has 4 nitrogen and oxygen atoms in total. The zero-order valence-corrected chi connectivity index (χ0v) is 20.9. The van der Waals surface area contributed by atoms with Crippen molar-refractivity contribution in [2.75, 3.05) is 10.6 Å². The van der Waals surface area contributed by atoms with E-state index in [-0.39, 0.29) is 11.8 Å². The first-order valence-corrected chi connectivity index (χ1v) is 12.3. The van der Waals surface area contributed by atoms with E-state index in [1.165, 1.54) is 11.8 Å². The fourth-order valence-corrected chi connectivity index (χ4v) is 4.93. The SMILES string of the molecule is Cc1ccc(C(=O)Nc2cccc(SC(C(=O)Nc3cc(C)cc(C)c3)c3ccccc3)c2)cc1. The van der Waals surface area contributed by atoms with E-state index in [9.17, 15) is 9.59 Å². The van der Waals surface area contributed by atoms with Crippen LogP contribution in [0.4, 0.5) is 11.4 Å². The lowest BCUT2D eigenvalue weighted by molar-refractivity contribution is -0.115. The van der Waals surface area contributed by atoms with Gasteiger partial charge in [-0.1, -0.05) is 60.2 Å². The minimum absolute atomic E-state index is 0.0969. The van der Waals surface area contributed by atoms with Crippen molar-refractivity contribution >= 4 is 35.0 Å². The lowest BCUT2D eigenvalue weighted by Gasteiger charge is -2.18. The number of carbonyl (C=O) groups excluding carboxylic acids is 2. The van der Waals surface area contributed by atoms with E-state index in [1.807, 2.05) is 112 Å². The number of amides is 2. The molecular weight excluding hydrogens is 452 g/mol. The molecule has 0 aliphatic heterocycles. The van der Waals surface area contributed by atoms with E-state index < -0.39 is 5.25 Å². The minimum Gasteiger partial charge on any atom is -0.325 e. The van der Waals surface area contributed by atoms with E-state index in [1.54, 1.807) is 0 Å². The maximum absolute atomic E-state index is 13.4. The van der Waals surface area contributed by atoms with E-state index in [4.69, 9.17) is 0 Å². The summed E-state index contributed by atoms with van der Waals surface area (Å²) < 4.78 is 0. The fourth-order valence-electron chi connectivity index (χ4n) is 3.85. The van der Waals surface area contributed by atoms with Crippen LogP contribution in [-0.2, 0) is 4.79 Å². The van der Waals surface area contributed by atoms with E-state index >= 15 is 0 Å². The molecule has 0 saturated carbocycles. The van der Waals surface area contributed by atoms with Crippen molar-refractivity contribution in [3.05, 3.63) is 125 Å². The number of hydrogen-bond acceptors (Lipinski definition) is 3. The molecule has 0 aliphatic rings. The third-order valence-electron chi connectivity index (χ3n) is 5.49. The molecule has 4 rings (SSSR count). The molecule has 0 radical (unpaired) electrons. The van der Waals surface area contributed by atoms with Crippen LogP contribution in [-0.4, -0.2) is 11.8 Å². The highest BCUT2D eigenvalue weighted by atomic mass is 32.2. The van der Waals surface area contributed by atoms with Gasteiger partial charge in [0.15, 0.2) is 0 Å². The van der Waals surface area contributed by atoms with Gasteiger partial charge in [-0.25, -0.2) is 0 Å². The average Bonchev–Trinajstić information content (AvgIpc) is 2.83. The number of anilines is 2. The molecule has 1 atom stereocenters. The highest BCUT2D eigenvalue weighted by molar-refractivity contribution is 8.00. The largest absolute Gasteiger partial charge is 0.325 e. The number of nitrogens with one attached hydrogen (secondary N) is 2. The second kappa shape index (κ2) is 11.1. The van der Waals surface area contributed by atoms with Gasteiger partial charge < -0.3 is 10.6 Å². The Morgan fingerprint density at radius 1 is 0.657 bits per heavy atom. The summed E-state index contributed by atoms with van der Waals surface area (Å²) in [5, 5.41) is 5.59. The molecule has 35 heavy (non-hydrogen) atoms. The third-order valence-corrected chi connectivity index (χ3v) is 6.74. The normalized spacial score (nSPS) is 11.5. The number of benzene rings is 4. The fraction of sp³-hybridized carbons (Fsp3) is 0.133. The Bertz CT molecular complexity index is 1310. The summed E-state index contributed by atoms with van der Waals surface area (Å²) in [5.41, 5.74) is 6.28. The molecule has 0 saturated heterocycles. The lowest BCUT2D eigenvalue weighted by Crippen LogP contribution is -2.19. The van der Waals surface area contributed by atoms with Crippen molar-refractivity contribution in [3.63, 3.8) is 0 Å². The molecule has 176 valence electrons. The van der Waals surface area contributed by atoms with Crippen molar-refractivity contribution in [1.82, 2.24) is 0 Å². The summed E-state index contributed by atoms with van der Waals surface area (Å²) >= 11 is 1.45. The van der Waals surface area contributed by atoms with Crippen molar-refractivity contribution < 1.29 is 9.59 Å². The molecule has 4 aromatic rings. The van der Waals surface area contributed by atoms with Crippen LogP contribution in [0.5, 0.6) is 0 Å². The van der Waals surface area contributed by atoms with Gasteiger partial charge in [-0.2, -0.15) is 0 Å². The monoisotopic (exact) mass is 480 g/mol. The van der Waals surface area contributed by atoms with Crippen molar-refractivity contribution in [2.24, 2.45) is 0 Å². The molecule has 0 aromatic heterocycles. The summed E-state index contributed by atoms with van der Waals surface area (Å²) in [5.74, 6) is -0.264. The average molecular weight is 481 g/mol. The lowest BCUT2D eigenvalue weighted by atomic mass is 10.1. The number of rotatable bonds is 7. The Hall–Kier alpha value is -3.83. The Morgan fingerprint density at radius 2 is 1.34 bits per heavy atom. The molecule has 0 aliphatic carbocycles. The summed E-state index contributed by atoms with van der Waals surface area (Å²) in [6.07, 6.45) is 0. The second-order valence-corrected chi connectivity index (χ2v) is 9.80. The molecule has 5 heteroatoms. The van der Waals surface area contributed by atoms with Gasteiger partial charge in [0.05, 0.1) is 0 Å². The number of thioether (sulfide) groups is 1. The van der Waals surface area contributed by atoms with Gasteiger partial charge in [-0.3, -0.25) is 9.59 Å². The molecule has 0 bridgehead atoms. The van der Waals surface area contributed by atoms with Crippen LogP contribution in [0.1, 0.15) is 37.9 Å². The van der Waals surface area contributed by atoms with Gasteiger partial charge >= 0.3 is 0 Å². The first-order chi connectivity index (χ1) is 16.9. The van der Waals surface area contributed by atoms with Crippen LogP contribution in [0.3, 0.4) is 0 Å². The topological polar surface area (TPSA) is 58.2 Å². The van der Waals surface area contributed by atoms with Crippen molar-refractivity contribution in [1.29, 1.82) is 0 Å². The summed E-state index contributed by atoms with van der Waals surface area (Å²) in [4.78, 5) is 27.0. The minimum atomic E-state index is -0.458. The van der Waals surface area contributed by atoms with Crippen LogP contribution in [0.25, 0.3) is 0 Å². The Labute approximate surface area is 210 Å². The van der Waals surface area contributed by atoms with E-state index in [0.717, 1.165) is 32.8 Å². The van der Waals surface area contributed by atoms with E-state index in [0.29, 0.717) is 11.3 Å². The Balaban J connectivity index is 1.54. The van der Waals surface area contributed by atoms with Gasteiger partial charge in [0.1, 0.15) is 5.25 Å². The van der Waals surface area contributed by atoms with Crippen LogP contribution >= 0.6 is 11.8 Å². The first kappa shape index (κ1) is 24.3. The van der Waals surface area contributed by atoms with Crippen LogP contribution < -0.4 is 10.6 Å². The predicted molar refractivity (Wildman–Crippen MR) is 145 cm³/mol. The van der Waals surface area contributed by atoms with Gasteiger partial charge in [0.25, 0.3) is 5.91 Å². The van der Waals surface area contributed by atoms with Crippen molar-refractivity contribution in [3.8, 4) is 0 Å². The van der Waals surface area contributed by atoms with Crippen LogP contribution in [0.15, 0.2) is 102 Å². The maximum Gasteiger partial charge on any atom is 0.255 e. The van der Waals surface area contributed by atoms with Gasteiger partial charge in [-0.05, 0) is 79.9 Å². The highest BCUT2D eigenvalue weighted by Crippen LogP contribution is 2.37. The molecule has 0 spiro atoms. The molecular formula is C30H28N2O2S. The molecule has 1 unspecified atom stereocenters. The predicted octanol–water partition coefficient (Wildman–Crippen LogP) is 7.34. The van der Waals surface area contributed by atoms with Gasteiger partial charge in [0.2, 0.25) is 5.91 Å². The molecule has 2 amide bonds. The van der Waals surface area contributed by atoms with Gasteiger partial charge in [-0.15, -0.1) is 11.8 Å². The quantitative estimate of drug-likeness (QED) is 0.272. The molecule has 2 N–H and O–H groups in total. The summed E-state index contributed by atoms with van der Waals surface area (Å²) in [7, 11) is 0. The van der Waals surface area contributed by atoms with Gasteiger partial charge in [0, 0.05) is 21.8 Å². The smallest absolute Gasteiger partial charge is 0.255 e. The number of hydrogen-bond donors (Lipinski definition) is 2. The second-order valence-electron chi connectivity index (χ2n) is 8.62. The maximum atomic E-state index is 13.4. The zero-order valence-electron chi connectivity index (χ0n) is 20.0. The Kier molecular flexibility index (Phi) is 7.68. The standard InChI is InChI=1S/C30H28N2O2S/c1-20-12-14-24(15-13-20)29(33)31-25-10-7-11-27(19-25)35-28(23-8-5-4-6-9-23)30(34)32-26-17-21(2)16-22(3)18-26/h4-19,28H,1-3H3,(H,31,33)(H,32,34).